The van der Waals surface area contributed by atoms with Crippen molar-refractivity contribution in [1.82, 2.24) is 5.32 Å². The molecule has 3 rings (SSSR count). The lowest BCUT2D eigenvalue weighted by molar-refractivity contribution is -0.115. The second-order valence-corrected chi connectivity index (χ2v) is 6.26. The standard InChI is InChI=1S/C17H18N2OS/c20-16-15(12-6-9-13-7-2-1-3-8-13)21-17(19-16)18-14-10-4-5-11-14/h1-3,6-9,12,14H,4-5,10-11H2,(H,18,19,20)/b9-6-,15-12+. The van der Waals surface area contributed by atoms with Gasteiger partial charge >= 0.3 is 0 Å². The van der Waals surface area contributed by atoms with E-state index in [0.29, 0.717) is 10.9 Å². The molecular weight excluding hydrogens is 280 g/mol. The summed E-state index contributed by atoms with van der Waals surface area (Å²) in [4.78, 5) is 17.2. The van der Waals surface area contributed by atoms with Gasteiger partial charge in [0.15, 0.2) is 5.17 Å². The molecule has 0 spiro atoms. The van der Waals surface area contributed by atoms with Crippen LogP contribution in [0, 0.1) is 0 Å². The number of carbonyl (C=O) groups excluding carboxylic acids is 1. The number of hydrogen-bond donors (Lipinski definition) is 1. The highest BCUT2D eigenvalue weighted by molar-refractivity contribution is 8.18. The van der Waals surface area contributed by atoms with Crippen molar-refractivity contribution in [1.29, 1.82) is 0 Å². The first-order chi connectivity index (χ1) is 10.3. The average Bonchev–Trinajstić information content (AvgIpc) is 3.11. The van der Waals surface area contributed by atoms with Crippen LogP contribution >= 0.6 is 11.8 Å². The van der Waals surface area contributed by atoms with E-state index in [4.69, 9.17) is 0 Å². The Morgan fingerprint density at radius 3 is 2.71 bits per heavy atom. The number of thioether (sulfide) groups is 1. The predicted octanol–water partition coefficient (Wildman–Crippen LogP) is 3.75. The Hall–Kier alpha value is -1.81. The van der Waals surface area contributed by atoms with Gasteiger partial charge in [0.2, 0.25) is 0 Å². The van der Waals surface area contributed by atoms with Crippen molar-refractivity contribution in [3.05, 3.63) is 53.0 Å². The van der Waals surface area contributed by atoms with Gasteiger partial charge in [-0.1, -0.05) is 55.3 Å². The van der Waals surface area contributed by atoms with Crippen LogP contribution in [0.25, 0.3) is 6.08 Å². The lowest BCUT2D eigenvalue weighted by Gasteiger charge is -2.02. The number of rotatable bonds is 3. The molecule has 0 atom stereocenters. The van der Waals surface area contributed by atoms with E-state index in [1.807, 2.05) is 48.6 Å². The van der Waals surface area contributed by atoms with Crippen LogP contribution < -0.4 is 5.32 Å². The summed E-state index contributed by atoms with van der Waals surface area (Å²) >= 11 is 1.44. The number of aliphatic imine (C=N–C) groups is 1. The monoisotopic (exact) mass is 298 g/mol. The highest BCUT2D eigenvalue weighted by atomic mass is 32.2. The summed E-state index contributed by atoms with van der Waals surface area (Å²) in [7, 11) is 0. The third kappa shape index (κ3) is 3.85. The Labute approximate surface area is 129 Å². The summed E-state index contributed by atoms with van der Waals surface area (Å²) in [6, 6.07) is 10.4. The third-order valence-electron chi connectivity index (χ3n) is 3.61. The number of hydrogen-bond acceptors (Lipinski definition) is 3. The van der Waals surface area contributed by atoms with E-state index >= 15 is 0 Å². The fourth-order valence-electron chi connectivity index (χ4n) is 2.51. The maximum atomic E-state index is 11.9. The highest BCUT2D eigenvalue weighted by Crippen LogP contribution is 2.27. The van der Waals surface area contributed by atoms with E-state index in [1.165, 1.54) is 24.6 Å². The summed E-state index contributed by atoms with van der Waals surface area (Å²) < 4.78 is 0. The lowest BCUT2D eigenvalue weighted by atomic mass is 10.2. The van der Waals surface area contributed by atoms with Gasteiger partial charge in [-0.05, 0) is 36.2 Å². The zero-order chi connectivity index (χ0) is 14.5. The van der Waals surface area contributed by atoms with E-state index in [1.54, 1.807) is 0 Å². The molecule has 1 saturated carbocycles. The van der Waals surface area contributed by atoms with Crippen molar-refractivity contribution < 1.29 is 4.79 Å². The first-order valence-corrected chi connectivity index (χ1v) is 8.13. The van der Waals surface area contributed by atoms with Crippen LogP contribution in [0.3, 0.4) is 0 Å². The normalized spacial score (nSPS) is 23.5. The molecule has 1 saturated heterocycles. The summed E-state index contributed by atoms with van der Waals surface area (Å²) in [5.74, 6) is -0.0468. The second kappa shape index (κ2) is 6.76. The van der Waals surface area contributed by atoms with Gasteiger partial charge < -0.3 is 5.32 Å². The van der Waals surface area contributed by atoms with Crippen LogP contribution in [0.4, 0.5) is 0 Å². The van der Waals surface area contributed by atoms with Gasteiger partial charge in [-0.15, -0.1) is 0 Å². The fraction of sp³-hybridized carbons (Fsp3) is 0.294. The Bertz CT molecular complexity index is 598. The number of allylic oxidation sites excluding steroid dienone is 2. The molecule has 0 aromatic heterocycles. The van der Waals surface area contributed by atoms with E-state index in [0.717, 1.165) is 23.6 Å². The van der Waals surface area contributed by atoms with Crippen LogP contribution in [-0.4, -0.2) is 17.1 Å². The van der Waals surface area contributed by atoms with Gasteiger partial charge in [0.1, 0.15) is 0 Å². The van der Waals surface area contributed by atoms with Gasteiger partial charge in [0, 0.05) is 0 Å². The third-order valence-corrected chi connectivity index (χ3v) is 4.55. The highest BCUT2D eigenvalue weighted by Gasteiger charge is 2.24. The predicted molar refractivity (Wildman–Crippen MR) is 89.0 cm³/mol. The Morgan fingerprint density at radius 2 is 1.95 bits per heavy atom. The van der Waals surface area contributed by atoms with Crippen LogP contribution in [0.5, 0.6) is 0 Å². The summed E-state index contributed by atoms with van der Waals surface area (Å²) in [5, 5.41) is 3.61. The van der Waals surface area contributed by atoms with E-state index in [9.17, 15) is 4.79 Å². The minimum atomic E-state index is -0.0468. The molecular formula is C17H18N2OS. The number of amidine groups is 1. The smallest absolute Gasteiger partial charge is 0.264 e. The van der Waals surface area contributed by atoms with Crippen molar-refractivity contribution in [2.45, 2.75) is 31.7 Å². The largest absolute Gasteiger partial charge is 0.301 e. The number of nitrogens with one attached hydrogen (secondary N) is 1. The first-order valence-electron chi connectivity index (χ1n) is 7.32. The molecule has 1 aromatic carbocycles. The molecule has 21 heavy (non-hydrogen) atoms. The van der Waals surface area contributed by atoms with E-state index < -0.39 is 0 Å². The number of amides is 1. The molecule has 2 aliphatic rings. The maximum absolute atomic E-state index is 11.9. The minimum absolute atomic E-state index is 0.0468. The van der Waals surface area contributed by atoms with Crippen LogP contribution in [0.1, 0.15) is 31.2 Å². The first kappa shape index (κ1) is 14.1. The molecule has 1 amide bonds. The number of nitrogens with zero attached hydrogens (tertiary/aromatic N) is 1. The SMILES string of the molecule is O=C1NC(=NC2CCCC2)S/C1=C/C=C\c1ccccc1. The quantitative estimate of drug-likeness (QED) is 0.864. The van der Waals surface area contributed by atoms with Gasteiger partial charge in [-0.3, -0.25) is 9.79 Å². The van der Waals surface area contributed by atoms with Crippen molar-refractivity contribution in [2.75, 3.05) is 0 Å². The molecule has 1 heterocycles. The number of carbonyl (C=O) groups is 1. The van der Waals surface area contributed by atoms with Gasteiger partial charge in [0.25, 0.3) is 5.91 Å². The van der Waals surface area contributed by atoms with Crippen LogP contribution in [0.15, 0.2) is 52.4 Å². The van der Waals surface area contributed by atoms with Crippen molar-refractivity contribution in [3.8, 4) is 0 Å². The molecule has 3 nitrogen and oxygen atoms in total. The van der Waals surface area contributed by atoms with Crippen LogP contribution in [0.2, 0.25) is 0 Å². The second-order valence-electron chi connectivity index (χ2n) is 5.23. The topological polar surface area (TPSA) is 41.5 Å². The maximum Gasteiger partial charge on any atom is 0.264 e. The van der Waals surface area contributed by atoms with Crippen molar-refractivity contribution in [3.63, 3.8) is 0 Å². The van der Waals surface area contributed by atoms with Gasteiger partial charge in [-0.2, -0.15) is 0 Å². The zero-order valence-corrected chi connectivity index (χ0v) is 12.6. The molecule has 4 heteroatoms. The van der Waals surface area contributed by atoms with E-state index in [-0.39, 0.29) is 5.91 Å². The van der Waals surface area contributed by atoms with Gasteiger partial charge in [0.05, 0.1) is 10.9 Å². The Kier molecular flexibility index (Phi) is 4.55. The van der Waals surface area contributed by atoms with Gasteiger partial charge in [-0.25, -0.2) is 0 Å². The molecule has 2 fully saturated rings. The Morgan fingerprint density at radius 1 is 1.19 bits per heavy atom. The molecule has 0 bridgehead atoms. The molecule has 1 aliphatic heterocycles. The van der Waals surface area contributed by atoms with Crippen LogP contribution in [-0.2, 0) is 4.79 Å². The lowest BCUT2D eigenvalue weighted by Crippen LogP contribution is -2.21. The Balaban J connectivity index is 1.64. The summed E-state index contributed by atoms with van der Waals surface area (Å²) in [6.45, 7) is 0. The van der Waals surface area contributed by atoms with Crippen molar-refractivity contribution >= 4 is 28.9 Å². The van der Waals surface area contributed by atoms with Crippen molar-refractivity contribution in [2.24, 2.45) is 4.99 Å². The zero-order valence-electron chi connectivity index (χ0n) is 11.8. The molecule has 0 unspecified atom stereocenters. The molecule has 0 radical (unpaired) electrons. The minimum Gasteiger partial charge on any atom is -0.301 e. The molecule has 1 aromatic rings. The molecule has 1 N–H and O–H groups in total. The molecule has 1 aliphatic carbocycles. The molecule has 108 valence electrons. The summed E-state index contributed by atoms with van der Waals surface area (Å²) in [5.41, 5.74) is 1.12. The summed E-state index contributed by atoms with van der Waals surface area (Å²) in [6.07, 6.45) is 10.6. The average molecular weight is 298 g/mol. The van der Waals surface area contributed by atoms with E-state index in [2.05, 4.69) is 10.3 Å². The fourth-order valence-corrected chi connectivity index (χ4v) is 3.36. The number of benzene rings is 1.